The van der Waals surface area contributed by atoms with Crippen LogP contribution in [0.3, 0.4) is 0 Å². The molecule has 30 rings (SSSR count). The lowest BCUT2D eigenvalue weighted by Gasteiger charge is -2.20. The van der Waals surface area contributed by atoms with E-state index in [-0.39, 0.29) is 0 Å². The molecule has 19 aromatic carbocycles. The molecule has 0 fully saturated rings. The van der Waals surface area contributed by atoms with Gasteiger partial charge < -0.3 is 36.5 Å². The van der Waals surface area contributed by atoms with Crippen molar-refractivity contribution in [2.24, 2.45) is 0 Å². The van der Waals surface area contributed by atoms with Gasteiger partial charge >= 0.3 is 0 Å². The molecule has 0 radical (unpaired) electrons. The van der Waals surface area contributed by atoms with Crippen LogP contribution in [0.15, 0.2) is 474 Å². The van der Waals surface area contributed by atoms with Crippen LogP contribution in [0, 0.1) is 0 Å². The van der Waals surface area contributed by atoms with Gasteiger partial charge in [0, 0.05) is 160 Å². The molecule has 0 amide bonds. The van der Waals surface area contributed by atoms with Crippen LogP contribution in [0.4, 0.5) is 0 Å². The van der Waals surface area contributed by atoms with Crippen LogP contribution in [-0.2, 0) is 0 Å². The zero-order chi connectivity index (χ0) is 91.5. The van der Waals surface area contributed by atoms with Gasteiger partial charge in [-0.2, -0.15) is 0 Å². The van der Waals surface area contributed by atoms with Crippen LogP contribution in [0.25, 0.3) is 276 Å². The van der Waals surface area contributed by atoms with E-state index in [1.54, 1.807) is 0 Å². The highest BCUT2D eigenvalue weighted by Crippen LogP contribution is 2.51. The quantitative estimate of drug-likeness (QED) is 0.115. The summed E-state index contributed by atoms with van der Waals surface area (Å²) in [5.41, 5.74) is 33.7. The van der Waals surface area contributed by atoms with Crippen LogP contribution in [0.1, 0.15) is 0 Å². The fourth-order valence-electron chi connectivity index (χ4n) is 23.4. The van der Waals surface area contributed by atoms with Crippen LogP contribution in [0.2, 0.25) is 0 Å². The molecule has 12 heteroatoms. The Balaban J connectivity index is 0.683. The Morgan fingerprint density at radius 3 is 0.671 bits per heavy atom. The molecule has 0 N–H and O–H groups in total. The molecule has 0 aliphatic rings. The molecule has 0 bridgehead atoms. The molecular weight excluding hydrogens is 1710 g/mol. The van der Waals surface area contributed by atoms with E-state index < -0.39 is 0 Å². The molecular formula is C128H78N12. The number of fused-ring (bicyclic) bond motifs is 24. The summed E-state index contributed by atoms with van der Waals surface area (Å²) >= 11 is 0. The fraction of sp³-hybridized carbons (Fsp3) is 0. The van der Waals surface area contributed by atoms with Gasteiger partial charge in [0.2, 0.25) is 0 Å². The average molecular weight is 1780 g/mol. The van der Waals surface area contributed by atoms with Crippen LogP contribution in [0.5, 0.6) is 0 Å². The summed E-state index contributed by atoms with van der Waals surface area (Å²) in [5, 5.41) is 18.6. The van der Waals surface area contributed by atoms with Gasteiger partial charge in [0.1, 0.15) is 0 Å². The van der Waals surface area contributed by atoms with Crippen molar-refractivity contribution >= 4 is 174 Å². The molecule has 30 aromatic rings. The minimum atomic E-state index is 0.554. The van der Waals surface area contributed by atoms with Crippen LogP contribution in [-0.4, -0.2) is 56.5 Å². The second-order valence-corrected chi connectivity index (χ2v) is 36.8. The number of pyridine rings is 2. The van der Waals surface area contributed by atoms with Gasteiger partial charge in [-0.1, -0.05) is 273 Å². The predicted molar refractivity (Wildman–Crippen MR) is 580 cm³/mol. The first-order chi connectivity index (χ1) is 69.5. The molecule has 0 saturated carbocycles. The molecule has 0 spiro atoms. The van der Waals surface area contributed by atoms with Crippen LogP contribution < -0.4 is 0 Å². The largest absolute Gasteiger partial charge is 0.309 e. The van der Waals surface area contributed by atoms with E-state index in [4.69, 9.17) is 19.9 Å². The first kappa shape index (κ1) is 77.4. The van der Waals surface area contributed by atoms with E-state index in [1.165, 1.54) is 43.1 Å². The van der Waals surface area contributed by atoms with Gasteiger partial charge in [0.05, 0.1) is 135 Å². The first-order valence-electron chi connectivity index (χ1n) is 47.7. The second-order valence-electron chi connectivity index (χ2n) is 36.8. The number of hydrogen-bond acceptors (Lipinski definition) is 4. The van der Waals surface area contributed by atoms with E-state index in [0.717, 1.165) is 227 Å². The van der Waals surface area contributed by atoms with E-state index in [2.05, 4.69) is 498 Å². The maximum absolute atomic E-state index is 6.04. The second kappa shape index (κ2) is 30.2. The van der Waals surface area contributed by atoms with Crippen molar-refractivity contribution in [3.05, 3.63) is 474 Å². The predicted octanol–water partition coefficient (Wildman–Crippen LogP) is 32.4. The third-order valence-corrected chi connectivity index (χ3v) is 29.4. The van der Waals surface area contributed by atoms with Gasteiger partial charge in [-0.05, 0) is 176 Å². The molecule has 0 aliphatic heterocycles. The number of benzene rings is 19. The number of rotatable bonds is 13. The van der Waals surface area contributed by atoms with Gasteiger partial charge in [-0.15, -0.1) is 0 Å². The summed E-state index contributed by atoms with van der Waals surface area (Å²) < 4.78 is 19.7. The Kier molecular flexibility index (Phi) is 16.7. The smallest absolute Gasteiger partial charge is 0.160 e. The molecule has 0 aliphatic carbocycles. The minimum absolute atomic E-state index is 0.554. The fourth-order valence-corrected chi connectivity index (χ4v) is 23.4. The molecule has 11 heterocycles. The van der Waals surface area contributed by atoms with E-state index >= 15 is 0 Å². The highest BCUT2D eigenvalue weighted by Gasteiger charge is 2.30. The average Bonchev–Trinajstić information content (AvgIpc) is 1.56. The number of para-hydroxylation sites is 12. The van der Waals surface area contributed by atoms with Crippen molar-refractivity contribution in [2.75, 3.05) is 0 Å². The van der Waals surface area contributed by atoms with Crippen molar-refractivity contribution in [3.8, 4) is 102 Å². The number of hydrogen-bond donors (Lipinski definition) is 0. The van der Waals surface area contributed by atoms with E-state index in [9.17, 15) is 0 Å². The first-order valence-corrected chi connectivity index (χ1v) is 47.7. The van der Waals surface area contributed by atoms with Crippen molar-refractivity contribution in [1.29, 1.82) is 0 Å². The zero-order valence-corrected chi connectivity index (χ0v) is 75.4. The Hall–Kier alpha value is -19.0. The molecule has 650 valence electrons. The van der Waals surface area contributed by atoms with E-state index in [0.29, 0.717) is 5.82 Å². The minimum Gasteiger partial charge on any atom is -0.309 e. The molecule has 0 atom stereocenters. The SMILES string of the molecule is c1ccc(-c2cc(-c3ccc(-c4ccncc4-n4c5ccccc5c5cc6c7ccccc7n(-c7ccccc7)c6cc54)c(-n4c5ccccc5c5cc6c7ccccc7n(-c7ccccc7)c6cc54)c3)nc(-c3ccc(-c4ccncc4-n4c5ccccc5c5cc6c7ccccc7n(-c7ccccc7)c6cc54)c(-n4c5ccccc5c5cc6c7ccccc7n(-c7ccccc7)c6cc54)c3)n2)cc1. The van der Waals surface area contributed by atoms with Gasteiger partial charge in [-0.25, -0.2) is 9.97 Å². The monoisotopic (exact) mass is 1780 g/mol. The number of aromatic nitrogens is 12. The summed E-state index contributed by atoms with van der Waals surface area (Å²) in [4.78, 5) is 22.2. The third-order valence-electron chi connectivity index (χ3n) is 29.4. The van der Waals surface area contributed by atoms with Crippen molar-refractivity contribution in [1.82, 2.24) is 56.5 Å². The molecule has 12 nitrogen and oxygen atoms in total. The molecule has 0 unspecified atom stereocenters. The Morgan fingerprint density at radius 2 is 0.371 bits per heavy atom. The Morgan fingerprint density at radius 1 is 0.143 bits per heavy atom. The highest BCUT2D eigenvalue weighted by molar-refractivity contribution is 6.25. The van der Waals surface area contributed by atoms with E-state index in [1.807, 2.05) is 12.4 Å². The van der Waals surface area contributed by atoms with Crippen LogP contribution >= 0.6 is 0 Å². The standard InChI is InChI=1S/C128H78N12/c1-6-32-79(33-7-1)106-72-107(80-58-60-94(116(66-80)137-112-54-28-20-46-90(112)102-68-98-86-42-16-24-50-108(86)133(118(98)73-122(102)137)82-34-8-2-9-35-82)96-62-64-129-77-126(96)139-114-56-30-22-48-92(114)104-70-100-88-44-18-26-52-110(88)135(120(100)75-124(104)139)84-38-12-4-13-39-84)132-128(131-106)81-59-61-95(117(67-81)138-113-55-29-21-47-91(113)103-69-99-87-43-17-25-51-109(87)134(119(99)74-123(103)138)83-36-10-3-11-37-83)97-63-65-130-78-127(97)140-115-57-31-23-49-93(115)105-71-101-89-45-19-27-53-111(89)136(121(101)76-125(105)140)85-40-14-5-15-41-85/h1-78H. The highest BCUT2D eigenvalue weighted by atomic mass is 15.1. The number of nitrogens with zero attached hydrogens (tertiary/aromatic N) is 12. The van der Waals surface area contributed by atoms with Gasteiger partial charge in [-0.3, -0.25) is 9.97 Å². The summed E-state index contributed by atoms with van der Waals surface area (Å²) in [5.74, 6) is 0.554. The molecule has 140 heavy (non-hydrogen) atoms. The Bertz CT molecular complexity index is 9890. The molecule has 11 aromatic heterocycles. The maximum atomic E-state index is 6.04. The Labute approximate surface area is 800 Å². The van der Waals surface area contributed by atoms with Crippen molar-refractivity contribution in [3.63, 3.8) is 0 Å². The lowest BCUT2D eigenvalue weighted by molar-refractivity contribution is 1.13. The van der Waals surface area contributed by atoms with Crippen molar-refractivity contribution < 1.29 is 0 Å². The summed E-state index contributed by atoms with van der Waals surface area (Å²) in [6, 6.07) is 165. The zero-order valence-electron chi connectivity index (χ0n) is 75.4. The summed E-state index contributed by atoms with van der Waals surface area (Å²) in [7, 11) is 0. The topological polar surface area (TPSA) is 91.0 Å². The summed E-state index contributed by atoms with van der Waals surface area (Å²) in [6.07, 6.45) is 8.05. The van der Waals surface area contributed by atoms with Gasteiger partial charge in [0.25, 0.3) is 0 Å². The lowest BCUT2D eigenvalue weighted by atomic mass is 9.97. The van der Waals surface area contributed by atoms with Gasteiger partial charge in [0.15, 0.2) is 5.82 Å². The lowest BCUT2D eigenvalue weighted by Crippen LogP contribution is -2.04. The third kappa shape index (κ3) is 11.4. The molecule has 0 saturated heterocycles. The maximum Gasteiger partial charge on any atom is 0.160 e. The summed E-state index contributed by atoms with van der Waals surface area (Å²) in [6.45, 7) is 0. The van der Waals surface area contributed by atoms with Crippen molar-refractivity contribution in [2.45, 2.75) is 0 Å². The normalized spacial score (nSPS) is 12.1.